The van der Waals surface area contributed by atoms with Crippen LogP contribution in [0, 0.1) is 0 Å². The van der Waals surface area contributed by atoms with Crippen molar-refractivity contribution in [3.8, 4) is 0 Å². The van der Waals surface area contributed by atoms with Crippen molar-refractivity contribution in [2.45, 2.75) is 30.0 Å². The number of aliphatic hydroxyl groups excluding tert-OH is 2. The molecule has 1 unspecified atom stereocenters. The summed E-state index contributed by atoms with van der Waals surface area (Å²) in [6, 6.07) is -0.943. The number of nitrogens with zero attached hydrogens (tertiary/aromatic N) is 4. The maximum absolute atomic E-state index is 13.0. The molecule has 2 fully saturated rings. The molecule has 2 amide bonds. The Labute approximate surface area is 220 Å². The number of hydrogen-bond donors (Lipinski definition) is 5. The summed E-state index contributed by atoms with van der Waals surface area (Å²) >= 11 is 2.46. The average molecular weight is 554 g/mol. The molecule has 37 heavy (non-hydrogen) atoms. The molecule has 1 aromatic heterocycles. The van der Waals surface area contributed by atoms with E-state index < -0.39 is 41.4 Å². The Morgan fingerprint density at radius 2 is 2.16 bits per heavy atom. The number of aliphatic carboxylic acids is 1. The first-order valence-electron chi connectivity index (χ1n) is 11.5. The fraction of sp³-hybridized carbons (Fsp3) is 0.500. The number of thiazole rings is 1. The minimum Gasteiger partial charge on any atom is -0.477 e. The second-order valence-corrected chi connectivity index (χ2v) is 11.3. The molecule has 0 aliphatic carbocycles. The Balaban J connectivity index is 1.46. The molecule has 0 saturated carbocycles. The van der Waals surface area contributed by atoms with Crippen LogP contribution < -0.4 is 11.1 Å². The second kappa shape index (κ2) is 10.8. The van der Waals surface area contributed by atoms with E-state index in [4.69, 9.17) is 10.6 Å². The number of aromatic nitrogens is 1. The van der Waals surface area contributed by atoms with E-state index in [0.717, 1.165) is 11.3 Å². The van der Waals surface area contributed by atoms with Gasteiger partial charge in [-0.05, 0) is 11.6 Å². The number of nitrogens with two attached hydrogens (primary N) is 1. The fourth-order valence-corrected chi connectivity index (χ4v) is 6.46. The number of carbonyl (C=O) groups excluding carboxylic acids is 2. The van der Waals surface area contributed by atoms with Crippen LogP contribution in [0.15, 0.2) is 34.0 Å². The van der Waals surface area contributed by atoms with Gasteiger partial charge in [0.2, 0.25) is 0 Å². The van der Waals surface area contributed by atoms with E-state index >= 15 is 0 Å². The van der Waals surface area contributed by atoms with Gasteiger partial charge in [-0.15, -0.1) is 23.1 Å². The molecule has 3 aliphatic rings. The third-order valence-corrected chi connectivity index (χ3v) is 8.53. The van der Waals surface area contributed by atoms with E-state index in [1.165, 1.54) is 29.2 Å². The van der Waals surface area contributed by atoms with Crippen LogP contribution in [-0.4, -0.2) is 116 Å². The number of thioether (sulfide) groups is 1. The lowest BCUT2D eigenvalue weighted by Crippen LogP contribution is -2.71. The molecule has 15 heteroatoms. The molecule has 1 aromatic rings. The molecular formula is C22H29N6O7S2+. The molecular weight excluding hydrogens is 524 g/mol. The number of quaternary nitrogens is 1. The van der Waals surface area contributed by atoms with Gasteiger partial charge in [0, 0.05) is 17.6 Å². The number of nitrogens with one attached hydrogen (secondary N) is 1. The average Bonchev–Trinajstić information content (AvgIpc) is 3.28. The van der Waals surface area contributed by atoms with Gasteiger partial charge < -0.3 is 35.7 Å². The minimum absolute atomic E-state index is 0.120. The number of nitrogen functional groups attached to an aromatic ring is 1. The van der Waals surface area contributed by atoms with Crippen LogP contribution in [0.25, 0.3) is 0 Å². The Kier molecular flexibility index (Phi) is 7.89. The first kappa shape index (κ1) is 27.1. The molecule has 3 aliphatic heterocycles. The maximum atomic E-state index is 13.0. The van der Waals surface area contributed by atoms with Gasteiger partial charge >= 0.3 is 5.97 Å². The number of carboxylic acid groups (broad SMARTS) is 1. The van der Waals surface area contributed by atoms with Crippen molar-refractivity contribution in [2.24, 2.45) is 5.16 Å². The number of piperidine rings is 1. The van der Waals surface area contributed by atoms with Gasteiger partial charge in [-0.2, -0.15) is 0 Å². The standard InChI is InChI=1S/C22H28N6O7S2/c1-28(7-5-13(29)14(30)8-28)6-3-4-11-9-36-20-16(19(32)27(20)17(11)21(33)34)25-18(31)15(26-35-2)12-10-37-22(23)24-12/h3-4,10,13-14,16,20,29-30H,5-9H2,1-2H3,(H3-,23,24,25,31,33,34)/p+1/b4-3+,26-15-/t13-,14-,16-,20-,28?/m1/s1. The number of likely N-dealkylation sites (N-methyl/N-ethyl adjacent to an activating group) is 1. The predicted octanol–water partition coefficient (Wildman–Crippen LogP) is -1.06. The monoisotopic (exact) mass is 553 g/mol. The van der Waals surface area contributed by atoms with Crippen LogP contribution in [0.4, 0.5) is 5.13 Å². The molecule has 2 saturated heterocycles. The first-order chi connectivity index (χ1) is 17.5. The summed E-state index contributed by atoms with van der Waals surface area (Å²) in [6.07, 6.45) is 2.47. The lowest BCUT2D eigenvalue weighted by Gasteiger charge is -2.49. The smallest absolute Gasteiger partial charge is 0.352 e. The summed E-state index contributed by atoms with van der Waals surface area (Å²) in [6.45, 7) is 1.60. The van der Waals surface area contributed by atoms with Gasteiger partial charge in [-0.3, -0.25) is 14.5 Å². The Bertz CT molecular complexity index is 1180. The highest BCUT2D eigenvalue weighted by Gasteiger charge is 2.54. The third-order valence-electron chi connectivity index (χ3n) is 6.55. The third kappa shape index (κ3) is 5.50. The number of β-lactam (4-membered cyclic amide) rings is 1. The van der Waals surface area contributed by atoms with E-state index in [1.54, 1.807) is 6.08 Å². The summed E-state index contributed by atoms with van der Waals surface area (Å²) in [5, 5.41) is 37.2. The van der Waals surface area contributed by atoms with Gasteiger partial charge in [0.15, 0.2) is 10.8 Å². The topological polar surface area (TPSA) is 188 Å². The SMILES string of the molecule is CO/N=C(\C(=O)N[C@@H]1C(=O)N2C(C(=O)O)=C(/C=C/C[N+]3(C)CC[C@@H](O)[C@H](O)C3)CS[C@H]12)c1csc(N)n1. The summed E-state index contributed by atoms with van der Waals surface area (Å²) < 4.78 is 0.507. The second-order valence-electron chi connectivity index (χ2n) is 9.27. The Hall–Kier alpha value is -2.98. The highest BCUT2D eigenvalue weighted by atomic mass is 32.2. The summed E-state index contributed by atoms with van der Waals surface area (Å²) in [5.41, 5.74) is 6.06. The maximum Gasteiger partial charge on any atom is 0.352 e. The van der Waals surface area contributed by atoms with E-state index in [0.29, 0.717) is 41.9 Å². The number of fused-ring (bicyclic) bond motifs is 1. The van der Waals surface area contributed by atoms with Crippen molar-refractivity contribution in [3.63, 3.8) is 0 Å². The number of hydrogen-bond acceptors (Lipinski definition) is 11. The van der Waals surface area contributed by atoms with Crippen LogP contribution in [0.2, 0.25) is 0 Å². The first-order valence-corrected chi connectivity index (χ1v) is 13.4. The molecule has 0 radical (unpaired) electrons. The Morgan fingerprint density at radius 1 is 1.41 bits per heavy atom. The van der Waals surface area contributed by atoms with Gasteiger partial charge in [0.05, 0.1) is 26.2 Å². The normalized spacial score (nSPS) is 30.2. The molecule has 5 atom stereocenters. The highest BCUT2D eigenvalue weighted by molar-refractivity contribution is 8.00. The molecule has 0 aromatic carbocycles. The molecule has 13 nitrogen and oxygen atoms in total. The fourth-order valence-electron chi connectivity index (χ4n) is 4.59. The van der Waals surface area contributed by atoms with Crippen molar-refractivity contribution >= 4 is 51.7 Å². The van der Waals surface area contributed by atoms with E-state index in [1.807, 2.05) is 13.1 Å². The number of anilines is 1. The van der Waals surface area contributed by atoms with Gasteiger partial charge in [0.25, 0.3) is 11.8 Å². The summed E-state index contributed by atoms with van der Waals surface area (Å²) in [5.74, 6) is -2.15. The number of rotatable bonds is 8. The van der Waals surface area contributed by atoms with Gasteiger partial charge in [0.1, 0.15) is 42.6 Å². The number of amides is 2. The zero-order valence-corrected chi connectivity index (χ0v) is 21.9. The number of allylic oxidation sites excluding steroid dienone is 1. The van der Waals surface area contributed by atoms with Crippen molar-refractivity contribution in [1.82, 2.24) is 15.2 Å². The van der Waals surface area contributed by atoms with Crippen LogP contribution in [0.3, 0.4) is 0 Å². The number of carbonyl (C=O) groups is 3. The summed E-state index contributed by atoms with van der Waals surface area (Å²) in [7, 11) is 3.24. The van der Waals surface area contributed by atoms with E-state index in [9.17, 15) is 29.7 Å². The van der Waals surface area contributed by atoms with Crippen LogP contribution in [0.1, 0.15) is 12.1 Å². The molecule has 0 bridgehead atoms. The van der Waals surface area contributed by atoms with Crippen LogP contribution >= 0.6 is 23.1 Å². The largest absolute Gasteiger partial charge is 0.477 e. The molecule has 4 rings (SSSR count). The number of likely N-dealkylation sites (tertiary alicyclic amines) is 1. The van der Waals surface area contributed by atoms with Crippen molar-refractivity contribution in [2.75, 3.05) is 45.3 Å². The van der Waals surface area contributed by atoms with Crippen molar-refractivity contribution in [1.29, 1.82) is 0 Å². The molecule has 0 spiro atoms. The number of carboxylic acids is 1. The lowest BCUT2D eigenvalue weighted by molar-refractivity contribution is -0.913. The van der Waals surface area contributed by atoms with E-state index in [-0.39, 0.29) is 22.2 Å². The van der Waals surface area contributed by atoms with Gasteiger partial charge in [-0.1, -0.05) is 11.2 Å². The highest BCUT2D eigenvalue weighted by Crippen LogP contribution is 2.40. The van der Waals surface area contributed by atoms with Crippen molar-refractivity contribution in [3.05, 3.63) is 34.5 Å². The van der Waals surface area contributed by atoms with Gasteiger partial charge in [-0.25, -0.2) is 9.78 Å². The quantitative estimate of drug-likeness (QED) is 0.115. The lowest BCUT2D eigenvalue weighted by atomic mass is 10.0. The zero-order chi connectivity index (χ0) is 26.9. The molecule has 200 valence electrons. The molecule has 6 N–H and O–H groups in total. The zero-order valence-electron chi connectivity index (χ0n) is 20.2. The van der Waals surface area contributed by atoms with E-state index in [2.05, 4.69) is 15.5 Å². The van der Waals surface area contributed by atoms with Crippen molar-refractivity contribution < 1.29 is 39.0 Å². The Morgan fingerprint density at radius 3 is 2.78 bits per heavy atom. The minimum atomic E-state index is -1.24. The number of oxime groups is 1. The van der Waals surface area contributed by atoms with Crippen LogP contribution in [-0.2, 0) is 19.2 Å². The summed E-state index contributed by atoms with van der Waals surface area (Å²) in [4.78, 5) is 47.9. The van der Waals surface area contributed by atoms with Crippen LogP contribution in [0.5, 0.6) is 0 Å². The predicted molar refractivity (Wildman–Crippen MR) is 136 cm³/mol. The molecule has 4 heterocycles. The number of aliphatic hydroxyl groups is 2.